The molecule has 0 radical (unpaired) electrons. The minimum Gasteiger partial charge on any atom is -0.396 e. The first-order valence-electron chi connectivity index (χ1n) is 15.3. The number of hydrogen-bond acceptors (Lipinski definition) is 5. The zero-order valence-electron chi connectivity index (χ0n) is 25.0. The molecule has 2 aromatic carbocycles. The molecule has 0 saturated carbocycles. The Hall–Kier alpha value is -3.36. The Kier molecular flexibility index (Phi) is 9.77. The summed E-state index contributed by atoms with van der Waals surface area (Å²) in [5.74, 6) is -1.23. The second kappa shape index (κ2) is 13.5. The van der Waals surface area contributed by atoms with Crippen LogP contribution in [0.1, 0.15) is 37.3 Å². The standard InChI is InChI=1S/C35H43N3O4S/c1-4-18-36(23-26-14-8-6-9-15-26)32(40)29-28-22-25(3)35(43-28)30(29)33(41)38(20-12-13-21-39)31(35)34(42)37(19-5-2)24-27-16-10-7-11-17-27/h4-11,14-17,25,28-31,39H,1-2,12-13,18-24H2,3H3/t25?,28-,29+,30-,31?,35?/m0/s1. The zero-order valence-corrected chi connectivity index (χ0v) is 25.8. The highest BCUT2D eigenvalue weighted by molar-refractivity contribution is 8.02. The van der Waals surface area contributed by atoms with Crippen molar-refractivity contribution < 1.29 is 19.5 Å². The molecule has 7 nitrogen and oxygen atoms in total. The summed E-state index contributed by atoms with van der Waals surface area (Å²) in [6, 6.07) is 19.0. The van der Waals surface area contributed by atoms with Gasteiger partial charge in [0.15, 0.2) is 0 Å². The summed E-state index contributed by atoms with van der Waals surface area (Å²) in [6.07, 6.45) is 5.38. The van der Waals surface area contributed by atoms with Crippen LogP contribution in [0, 0.1) is 17.8 Å². The Morgan fingerprint density at radius 1 is 0.953 bits per heavy atom. The lowest BCUT2D eigenvalue weighted by molar-refractivity contribution is -0.145. The van der Waals surface area contributed by atoms with Crippen molar-refractivity contribution in [3.05, 3.63) is 97.1 Å². The van der Waals surface area contributed by atoms with Crippen LogP contribution in [0.5, 0.6) is 0 Å². The first-order valence-corrected chi connectivity index (χ1v) is 16.2. The van der Waals surface area contributed by atoms with Crippen LogP contribution in [0.25, 0.3) is 0 Å². The van der Waals surface area contributed by atoms with E-state index in [1.807, 2.05) is 65.6 Å². The van der Waals surface area contributed by atoms with Crippen molar-refractivity contribution in [2.75, 3.05) is 26.2 Å². The minimum atomic E-state index is -0.693. The summed E-state index contributed by atoms with van der Waals surface area (Å²) in [7, 11) is 0. The quantitative estimate of drug-likeness (QED) is 0.254. The average Bonchev–Trinajstić information content (AvgIpc) is 3.61. The maximum atomic E-state index is 14.7. The molecule has 3 saturated heterocycles. The summed E-state index contributed by atoms with van der Waals surface area (Å²) in [5.41, 5.74) is 2.03. The van der Waals surface area contributed by atoms with E-state index in [1.54, 1.807) is 33.7 Å². The van der Waals surface area contributed by atoms with Crippen LogP contribution in [-0.4, -0.2) is 79.8 Å². The fraction of sp³-hybridized carbons (Fsp3) is 0.457. The molecular formula is C35H43N3O4S. The Bertz CT molecular complexity index is 1320. The topological polar surface area (TPSA) is 81.2 Å². The predicted octanol–water partition coefficient (Wildman–Crippen LogP) is 4.53. The normalized spacial score (nSPS) is 27.2. The van der Waals surface area contributed by atoms with Crippen LogP contribution in [0.3, 0.4) is 0 Å². The average molecular weight is 602 g/mol. The van der Waals surface area contributed by atoms with Gasteiger partial charge in [0.1, 0.15) is 6.04 Å². The predicted molar refractivity (Wildman–Crippen MR) is 171 cm³/mol. The highest BCUT2D eigenvalue weighted by Gasteiger charge is 2.76. The number of aliphatic hydroxyl groups is 1. The van der Waals surface area contributed by atoms with E-state index in [9.17, 15) is 19.5 Å². The molecule has 0 aliphatic carbocycles. The van der Waals surface area contributed by atoms with Gasteiger partial charge in [0.25, 0.3) is 0 Å². The van der Waals surface area contributed by atoms with Crippen LogP contribution >= 0.6 is 11.8 Å². The number of hydrogen-bond donors (Lipinski definition) is 1. The van der Waals surface area contributed by atoms with Gasteiger partial charge in [0, 0.05) is 44.6 Å². The van der Waals surface area contributed by atoms with Gasteiger partial charge in [-0.2, -0.15) is 0 Å². The molecule has 6 atom stereocenters. The maximum Gasteiger partial charge on any atom is 0.247 e. The third kappa shape index (κ3) is 5.79. The van der Waals surface area contributed by atoms with Crippen molar-refractivity contribution in [3.8, 4) is 0 Å². The van der Waals surface area contributed by atoms with Crippen molar-refractivity contribution in [2.45, 2.75) is 55.3 Å². The summed E-state index contributed by atoms with van der Waals surface area (Å²) in [4.78, 5) is 48.9. The Morgan fingerprint density at radius 2 is 1.51 bits per heavy atom. The van der Waals surface area contributed by atoms with E-state index in [0.29, 0.717) is 45.6 Å². The lowest BCUT2D eigenvalue weighted by atomic mass is 9.65. The van der Waals surface area contributed by atoms with Crippen LogP contribution < -0.4 is 0 Å². The molecule has 228 valence electrons. The van der Waals surface area contributed by atoms with Gasteiger partial charge in [0.05, 0.1) is 16.6 Å². The SMILES string of the molecule is C=CCN(Cc1ccccc1)C(=O)C1N(CCCCO)C(=O)[C@@H]2[C@H](C(=O)N(CC=C)Cc3ccccc3)[C@@H]3CC(C)C12S3. The molecule has 8 heteroatoms. The lowest BCUT2D eigenvalue weighted by Gasteiger charge is -2.41. The van der Waals surface area contributed by atoms with E-state index < -0.39 is 22.6 Å². The molecule has 2 bridgehead atoms. The van der Waals surface area contributed by atoms with E-state index in [2.05, 4.69) is 20.1 Å². The Balaban J connectivity index is 1.51. The number of fused-ring (bicyclic) bond motifs is 1. The molecule has 3 fully saturated rings. The van der Waals surface area contributed by atoms with Gasteiger partial charge in [-0.3, -0.25) is 14.4 Å². The Morgan fingerprint density at radius 3 is 2.05 bits per heavy atom. The number of aliphatic hydroxyl groups excluding tert-OH is 1. The number of carbonyl (C=O) groups excluding carboxylic acids is 3. The van der Waals surface area contributed by atoms with Gasteiger partial charge in [-0.05, 0) is 36.3 Å². The van der Waals surface area contributed by atoms with Crippen LogP contribution in [0.4, 0.5) is 0 Å². The summed E-state index contributed by atoms with van der Waals surface area (Å²) in [5, 5.41) is 9.47. The van der Waals surface area contributed by atoms with Gasteiger partial charge in [0.2, 0.25) is 17.7 Å². The number of carbonyl (C=O) groups is 3. The van der Waals surface area contributed by atoms with Crippen LogP contribution in [-0.2, 0) is 27.5 Å². The number of unbranched alkanes of at least 4 members (excludes halogenated alkanes) is 1. The lowest BCUT2D eigenvalue weighted by Crippen LogP contribution is -2.57. The Labute approximate surface area is 259 Å². The van der Waals surface area contributed by atoms with E-state index in [1.165, 1.54) is 0 Å². The van der Waals surface area contributed by atoms with E-state index in [4.69, 9.17) is 0 Å². The van der Waals surface area contributed by atoms with Crippen molar-refractivity contribution >= 4 is 29.5 Å². The zero-order chi connectivity index (χ0) is 30.6. The second-order valence-electron chi connectivity index (χ2n) is 12.0. The molecule has 0 aromatic heterocycles. The van der Waals surface area contributed by atoms with Crippen molar-refractivity contribution in [1.29, 1.82) is 0 Å². The van der Waals surface area contributed by atoms with E-state index in [-0.39, 0.29) is 35.5 Å². The fourth-order valence-electron chi connectivity index (χ4n) is 7.48. The van der Waals surface area contributed by atoms with E-state index in [0.717, 1.165) is 17.5 Å². The first-order chi connectivity index (χ1) is 20.9. The number of nitrogens with zero attached hydrogens (tertiary/aromatic N) is 3. The van der Waals surface area contributed by atoms with Gasteiger partial charge in [-0.25, -0.2) is 0 Å². The monoisotopic (exact) mass is 601 g/mol. The highest BCUT2D eigenvalue weighted by atomic mass is 32.2. The summed E-state index contributed by atoms with van der Waals surface area (Å²) >= 11 is 1.70. The summed E-state index contributed by atoms with van der Waals surface area (Å²) in [6.45, 7) is 12.0. The molecule has 3 heterocycles. The summed E-state index contributed by atoms with van der Waals surface area (Å²) < 4.78 is -0.693. The molecule has 1 N–H and O–H groups in total. The maximum absolute atomic E-state index is 14.7. The second-order valence-corrected chi connectivity index (χ2v) is 13.5. The minimum absolute atomic E-state index is 0.0240. The third-order valence-electron chi connectivity index (χ3n) is 9.33. The molecule has 2 aromatic rings. The molecule has 3 unspecified atom stereocenters. The van der Waals surface area contributed by atoms with Gasteiger partial charge in [-0.15, -0.1) is 24.9 Å². The third-order valence-corrected chi connectivity index (χ3v) is 11.4. The molecule has 1 spiro atoms. The molecular weight excluding hydrogens is 558 g/mol. The molecule has 43 heavy (non-hydrogen) atoms. The number of thioether (sulfide) groups is 1. The van der Waals surface area contributed by atoms with Crippen molar-refractivity contribution in [3.63, 3.8) is 0 Å². The van der Waals surface area contributed by atoms with Gasteiger partial charge >= 0.3 is 0 Å². The van der Waals surface area contributed by atoms with Gasteiger partial charge in [-0.1, -0.05) is 79.7 Å². The molecule has 3 aliphatic rings. The van der Waals surface area contributed by atoms with Crippen molar-refractivity contribution in [2.24, 2.45) is 17.8 Å². The molecule has 5 rings (SSSR count). The van der Waals surface area contributed by atoms with Gasteiger partial charge < -0.3 is 19.8 Å². The van der Waals surface area contributed by atoms with E-state index >= 15 is 0 Å². The smallest absolute Gasteiger partial charge is 0.247 e. The number of amides is 3. The van der Waals surface area contributed by atoms with Crippen molar-refractivity contribution in [1.82, 2.24) is 14.7 Å². The number of likely N-dealkylation sites (tertiary alicyclic amines) is 1. The number of benzene rings is 2. The number of rotatable bonds is 14. The van der Waals surface area contributed by atoms with Crippen LogP contribution in [0.15, 0.2) is 86.0 Å². The van der Waals surface area contributed by atoms with Crippen LogP contribution in [0.2, 0.25) is 0 Å². The highest BCUT2D eigenvalue weighted by Crippen LogP contribution is 2.69. The molecule has 3 aliphatic heterocycles. The largest absolute Gasteiger partial charge is 0.396 e. The first kappa shape index (κ1) is 31.1. The fourth-order valence-corrected chi connectivity index (χ4v) is 9.89. The molecule has 3 amide bonds.